The summed E-state index contributed by atoms with van der Waals surface area (Å²) in [4.78, 5) is 26.0. The van der Waals surface area contributed by atoms with Crippen molar-refractivity contribution in [1.29, 1.82) is 0 Å². The highest BCUT2D eigenvalue weighted by molar-refractivity contribution is 6.30. The highest BCUT2D eigenvalue weighted by Gasteiger charge is 2.18. The third-order valence-electron chi connectivity index (χ3n) is 4.08. The number of rotatable bonds is 10. The van der Waals surface area contributed by atoms with E-state index in [1.165, 1.54) is 6.92 Å². The molecule has 0 aromatic heterocycles. The first-order chi connectivity index (χ1) is 12.9. The van der Waals surface area contributed by atoms with Crippen molar-refractivity contribution < 1.29 is 14.3 Å². The van der Waals surface area contributed by atoms with Gasteiger partial charge in [0.05, 0.1) is 12.6 Å². The molecule has 1 atom stereocenters. The lowest BCUT2D eigenvalue weighted by Crippen LogP contribution is -2.45. The van der Waals surface area contributed by atoms with Crippen LogP contribution in [0.25, 0.3) is 0 Å². The first-order valence-electron chi connectivity index (χ1n) is 8.84. The molecule has 1 amide bonds. The van der Waals surface area contributed by atoms with Gasteiger partial charge in [-0.1, -0.05) is 41.9 Å². The van der Waals surface area contributed by atoms with Crippen molar-refractivity contribution >= 4 is 23.3 Å². The second kappa shape index (κ2) is 10.7. The zero-order valence-electron chi connectivity index (χ0n) is 15.7. The van der Waals surface area contributed by atoms with Crippen LogP contribution in [-0.2, 0) is 16.0 Å². The summed E-state index contributed by atoms with van der Waals surface area (Å²) in [5, 5.41) is 3.48. The second-order valence-corrected chi connectivity index (χ2v) is 6.90. The number of benzene rings is 2. The Morgan fingerprint density at radius 2 is 1.78 bits per heavy atom. The number of nitrogens with one attached hydrogen (secondary N) is 1. The van der Waals surface area contributed by atoms with Crippen LogP contribution in [0.2, 0.25) is 5.02 Å². The van der Waals surface area contributed by atoms with Gasteiger partial charge in [-0.2, -0.15) is 0 Å². The molecule has 0 heterocycles. The Balaban J connectivity index is 1.75. The van der Waals surface area contributed by atoms with E-state index in [9.17, 15) is 9.59 Å². The van der Waals surface area contributed by atoms with Crippen molar-refractivity contribution in [2.45, 2.75) is 19.4 Å². The zero-order valence-corrected chi connectivity index (χ0v) is 16.4. The topological polar surface area (TPSA) is 58.6 Å². The van der Waals surface area contributed by atoms with Crippen molar-refractivity contribution in [3.05, 3.63) is 65.2 Å². The summed E-state index contributed by atoms with van der Waals surface area (Å²) in [5.41, 5.74) is 1.02. The molecular weight excluding hydrogens is 364 g/mol. The average molecular weight is 389 g/mol. The predicted octanol–water partition coefficient (Wildman–Crippen LogP) is 2.97. The third kappa shape index (κ3) is 7.81. The smallest absolute Gasteiger partial charge is 0.234 e. The summed E-state index contributed by atoms with van der Waals surface area (Å²) < 4.78 is 5.63. The molecule has 0 spiro atoms. The molecule has 0 aliphatic carbocycles. The van der Waals surface area contributed by atoms with Crippen LogP contribution in [0.15, 0.2) is 54.6 Å². The predicted molar refractivity (Wildman–Crippen MR) is 107 cm³/mol. The first kappa shape index (κ1) is 20.9. The van der Waals surface area contributed by atoms with Crippen molar-refractivity contribution in [2.75, 3.05) is 26.7 Å². The number of halogens is 1. The molecule has 0 fully saturated rings. The lowest BCUT2D eigenvalue weighted by atomic mass is 10.0. The molecule has 2 aromatic carbocycles. The minimum atomic E-state index is -0.515. The normalized spacial score (nSPS) is 11.9. The van der Waals surface area contributed by atoms with Crippen LogP contribution in [0, 0.1) is 0 Å². The lowest BCUT2D eigenvalue weighted by molar-refractivity contribution is -0.127. The van der Waals surface area contributed by atoms with E-state index in [0.717, 1.165) is 11.3 Å². The molecule has 0 aliphatic heterocycles. The van der Waals surface area contributed by atoms with Gasteiger partial charge in [-0.3, -0.25) is 14.5 Å². The minimum Gasteiger partial charge on any atom is -0.492 e. The van der Waals surface area contributed by atoms with Crippen molar-refractivity contribution in [3.63, 3.8) is 0 Å². The van der Waals surface area contributed by atoms with Gasteiger partial charge in [0.25, 0.3) is 0 Å². The monoisotopic (exact) mass is 388 g/mol. The van der Waals surface area contributed by atoms with E-state index in [-0.39, 0.29) is 18.2 Å². The van der Waals surface area contributed by atoms with Crippen LogP contribution >= 0.6 is 11.6 Å². The fraction of sp³-hybridized carbons (Fsp3) is 0.333. The molecule has 6 heteroatoms. The van der Waals surface area contributed by atoms with Gasteiger partial charge in [0.15, 0.2) is 5.78 Å². The zero-order chi connectivity index (χ0) is 19.6. The number of nitrogens with zero attached hydrogens (tertiary/aromatic N) is 1. The van der Waals surface area contributed by atoms with Crippen LogP contribution < -0.4 is 10.1 Å². The Morgan fingerprint density at radius 1 is 1.11 bits per heavy atom. The number of likely N-dealkylation sites (N-methyl/N-ethyl adjacent to an activating group) is 1. The third-order valence-corrected chi connectivity index (χ3v) is 4.33. The van der Waals surface area contributed by atoms with Crippen molar-refractivity contribution in [3.8, 4) is 5.75 Å². The van der Waals surface area contributed by atoms with Gasteiger partial charge in [-0.15, -0.1) is 0 Å². The standard InChI is InChI=1S/C21H25ClN2O3/c1-16(25)20(14-17-6-4-3-5-7-17)23-21(26)15-24(2)12-13-27-19-10-8-18(22)9-11-19/h3-11,20H,12-15H2,1-2H3,(H,23,26). The van der Waals surface area contributed by atoms with Gasteiger partial charge in [0.2, 0.25) is 5.91 Å². The van der Waals surface area contributed by atoms with Crippen LogP contribution in [0.4, 0.5) is 0 Å². The van der Waals surface area contributed by atoms with Gasteiger partial charge in [0.1, 0.15) is 12.4 Å². The summed E-state index contributed by atoms with van der Waals surface area (Å²) in [6.45, 7) is 2.73. The summed E-state index contributed by atoms with van der Waals surface area (Å²) in [6, 6.07) is 16.3. The highest BCUT2D eigenvalue weighted by atomic mass is 35.5. The largest absolute Gasteiger partial charge is 0.492 e. The summed E-state index contributed by atoms with van der Waals surface area (Å²) >= 11 is 5.84. The Labute approximate surface area is 165 Å². The molecule has 0 bridgehead atoms. The van der Waals surface area contributed by atoms with Crippen molar-refractivity contribution in [2.24, 2.45) is 0 Å². The van der Waals surface area contributed by atoms with Gasteiger partial charge >= 0.3 is 0 Å². The van der Waals surface area contributed by atoms with E-state index >= 15 is 0 Å². The van der Waals surface area contributed by atoms with Gasteiger partial charge in [0, 0.05) is 11.6 Å². The lowest BCUT2D eigenvalue weighted by Gasteiger charge is -2.20. The maximum absolute atomic E-state index is 12.3. The van der Waals surface area contributed by atoms with Crippen LogP contribution in [0.5, 0.6) is 5.75 Å². The van der Waals surface area contributed by atoms with E-state index in [0.29, 0.717) is 24.6 Å². The highest BCUT2D eigenvalue weighted by Crippen LogP contribution is 2.15. The van der Waals surface area contributed by atoms with Crippen LogP contribution in [-0.4, -0.2) is 49.4 Å². The van der Waals surface area contributed by atoms with E-state index < -0.39 is 6.04 Å². The molecule has 2 aromatic rings. The molecule has 1 unspecified atom stereocenters. The molecule has 1 N–H and O–H groups in total. The molecule has 0 radical (unpaired) electrons. The maximum Gasteiger partial charge on any atom is 0.234 e. The summed E-state index contributed by atoms with van der Waals surface area (Å²) in [5.74, 6) is 0.498. The van der Waals surface area contributed by atoms with Gasteiger partial charge in [-0.05, 0) is 50.2 Å². The number of Topliss-reactive ketones (excluding diaryl/α,β-unsaturated/α-hetero) is 1. The van der Waals surface area contributed by atoms with E-state index in [2.05, 4.69) is 5.32 Å². The Morgan fingerprint density at radius 3 is 2.41 bits per heavy atom. The molecule has 0 saturated heterocycles. The SMILES string of the molecule is CC(=O)C(Cc1ccccc1)NC(=O)CN(C)CCOc1ccc(Cl)cc1. The fourth-order valence-electron chi connectivity index (χ4n) is 2.56. The molecule has 2 rings (SSSR count). The summed E-state index contributed by atoms with van der Waals surface area (Å²) in [6.07, 6.45) is 0.491. The number of carbonyl (C=O) groups excluding carboxylic acids is 2. The Bertz CT molecular complexity index is 735. The van der Waals surface area contributed by atoms with E-state index in [4.69, 9.17) is 16.3 Å². The summed E-state index contributed by atoms with van der Waals surface area (Å²) in [7, 11) is 1.84. The number of carbonyl (C=O) groups is 2. The average Bonchev–Trinajstić information content (AvgIpc) is 2.63. The molecule has 144 valence electrons. The Kier molecular flexibility index (Phi) is 8.30. The number of hydrogen-bond acceptors (Lipinski definition) is 4. The van der Waals surface area contributed by atoms with E-state index in [1.54, 1.807) is 24.3 Å². The first-order valence-corrected chi connectivity index (χ1v) is 9.22. The van der Waals surface area contributed by atoms with Crippen molar-refractivity contribution in [1.82, 2.24) is 10.2 Å². The van der Waals surface area contributed by atoms with E-state index in [1.807, 2.05) is 42.3 Å². The maximum atomic E-state index is 12.3. The van der Waals surface area contributed by atoms with Crippen LogP contribution in [0.3, 0.4) is 0 Å². The number of ketones is 1. The molecule has 0 saturated carbocycles. The number of amides is 1. The quantitative estimate of drug-likeness (QED) is 0.679. The van der Waals surface area contributed by atoms with Crippen LogP contribution in [0.1, 0.15) is 12.5 Å². The number of ether oxygens (including phenoxy) is 1. The Hall–Kier alpha value is -2.37. The molecular formula is C21H25ClN2O3. The van der Waals surface area contributed by atoms with Gasteiger partial charge in [-0.25, -0.2) is 0 Å². The fourth-order valence-corrected chi connectivity index (χ4v) is 2.69. The molecule has 5 nitrogen and oxygen atoms in total. The molecule has 0 aliphatic rings. The number of hydrogen-bond donors (Lipinski definition) is 1. The van der Waals surface area contributed by atoms with Gasteiger partial charge < -0.3 is 10.1 Å². The second-order valence-electron chi connectivity index (χ2n) is 6.46. The molecule has 27 heavy (non-hydrogen) atoms. The minimum absolute atomic E-state index is 0.0547.